The highest BCUT2D eigenvalue weighted by atomic mass is 32.1. The van der Waals surface area contributed by atoms with Crippen molar-refractivity contribution in [3.63, 3.8) is 0 Å². The number of carbonyl (C=O) groups excluding carboxylic acids is 1. The fourth-order valence-electron chi connectivity index (χ4n) is 1.87. The van der Waals surface area contributed by atoms with Crippen LogP contribution in [0.5, 0.6) is 0 Å². The number of aromatic nitrogens is 2. The maximum atomic E-state index is 12.0. The van der Waals surface area contributed by atoms with E-state index in [1.54, 1.807) is 26.0 Å². The summed E-state index contributed by atoms with van der Waals surface area (Å²) in [5, 5.41) is 0. The highest BCUT2D eigenvalue weighted by Gasteiger charge is 2.17. The SMILES string of the molecule is CCOC(=O)c1c(C)n(Cc2ccco2)c(=O)[nH]c1=S. The van der Waals surface area contributed by atoms with Gasteiger partial charge in [0.05, 0.1) is 19.4 Å². The Balaban J connectivity index is 2.52. The van der Waals surface area contributed by atoms with Crippen LogP contribution < -0.4 is 5.69 Å². The lowest BCUT2D eigenvalue weighted by Gasteiger charge is -2.12. The van der Waals surface area contributed by atoms with Crippen LogP contribution in [0.2, 0.25) is 0 Å². The van der Waals surface area contributed by atoms with Gasteiger partial charge >= 0.3 is 11.7 Å². The lowest BCUT2D eigenvalue weighted by Crippen LogP contribution is -2.28. The van der Waals surface area contributed by atoms with Crippen LogP contribution >= 0.6 is 12.2 Å². The van der Waals surface area contributed by atoms with Gasteiger partial charge in [0, 0.05) is 5.69 Å². The van der Waals surface area contributed by atoms with Crippen LogP contribution in [0.4, 0.5) is 0 Å². The molecular weight excluding hydrogens is 280 g/mol. The standard InChI is InChI=1S/C13H14N2O4S/c1-3-18-12(16)10-8(2)15(13(17)14-11(10)20)7-9-5-4-6-19-9/h4-6H,3,7H2,1-2H3,(H,14,17,20). The van der Waals surface area contributed by atoms with Crippen molar-refractivity contribution < 1.29 is 13.9 Å². The Morgan fingerprint density at radius 2 is 2.30 bits per heavy atom. The molecule has 0 spiro atoms. The second kappa shape index (κ2) is 5.87. The summed E-state index contributed by atoms with van der Waals surface area (Å²) in [5.41, 5.74) is 0.263. The number of hydrogen-bond donors (Lipinski definition) is 1. The number of furan rings is 1. The zero-order valence-corrected chi connectivity index (χ0v) is 12.0. The van der Waals surface area contributed by atoms with E-state index in [0.717, 1.165) is 0 Å². The molecule has 2 rings (SSSR count). The maximum absolute atomic E-state index is 12.0. The molecule has 0 unspecified atom stereocenters. The third-order valence-corrected chi connectivity index (χ3v) is 3.14. The molecule has 2 aromatic heterocycles. The summed E-state index contributed by atoms with van der Waals surface area (Å²) in [4.78, 5) is 26.4. The number of esters is 1. The predicted molar refractivity (Wildman–Crippen MR) is 74.4 cm³/mol. The first-order valence-corrected chi connectivity index (χ1v) is 6.48. The van der Waals surface area contributed by atoms with E-state index < -0.39 is 11.7 Å². The van der Waals surface area contributed by atoms with Crippen molar-refractivity contribution in [1.82, 2.24) is 9.55 Å². The number of carbonyl (C=O) groups is 1. The lowest BCUT2D eigenvalue weighted by molar-refractivity contribution is 0.0522. The largest absolute Gasteiger partial charge is 0.467 e. The van der Waals surface area contributed by atoms with Gasteiger partial charge in [0.25, 0.3) is 0 Å². The van der Waals surface area contributed by atoms with E-state index in [-0.39, 0.29) is 23.4 Å². The van der Waals surface area contributed by atoms with Gasteiger partial charge in [-0.05, 0) is 26.0 Å². The zero-order valence-electron chi connectivity index (χ0n) is 11.1. The number of ether oxygens (including phenoxy) is 1. The van der Waals surface area contributed by atoms with Crippen molar-refractivity contribution in [2.45, 2.75) is 20.4 Å². The molecule has 0 radical (unpaired) electrons. The zero-order chi connectivity index (χ0) is 14.7. The Morgan fingerprint density at radius 1 is 1.55 bits per heavy atom. The molecule has 0 saturated heterocycles. The van der Waals surface area contributed by atoms with Gasteiger partial charge in [-0.3, -0.25) is 9.55 Å². The molecule has 2 heterocycles. The first-order valence-electron chi connectivity index (χ1n) is 6.07. The molecule has 106 valence electrons. The summed E-state index contributed by atoms with van der Waals surface area (Å²) in [6.07, 6.45) is 1.52. The predicted octanol–water partition coefficient (Wildman–Crippen LogP) is 2.03. The van der Waals surface area contributed by atoms with E-state index in [1.807, 2.05) is 0 Å². The maximum Gasteiger partial charge on any atom is 0.342 e. The van der Waals surface area contributed by atoms with Crippen LogP contribution in [-0.4, -0.2) is 22.1 Å². The van der Waals surface area contributed by atoms with Crippen LogP contribution in [0.1, 0.15) is 28.7 Å². The average Bonchev–Trinajstić information content (AvgIpc) is 2.87. The number of rotatable bonds is 4. The summed E-state index contributed by atoms with van der Waals surface area (Å²) in [5.74, 6) is 0.0648. The van der Waals surface area contributed by atoms with E-state index in [0.29, 0.717) is 11.5 Å². The fraction of sp³-hybridized carbons (Fsp3) is 0.308. The van der Waals surface area contributed by atoms with Crippen LogP contribution in [0.25, 0.3) is 0 Å². The molecular formula is C13H14N2O4S. The molecule has 7 heteroatoms. The van der Waals surface area contributed by atoms with Crippen LogP contribution in [0.15, 0.2) is 27.6 Å². The third kappa shape index (κ3) is 2.72. The van der Waals surface area contributed by atoms with Gasteiger partial charge in [0.15, 0.2) is 0 Å². The van der Waals surface area contributed by atoms with E-state index in [9.17, 15) is 9.59 Å². The minimum atomic E-state index is -0.542. The molecule has 0 aliphatic heterocycles. The molecule has 1 N–H and O–H groups in total. The molecule has 0 atom stereocenters. The summed E-state index contributed by atoms with van der Waals surface area (Å²) in [6, 6.07) is 3.48. The van der Waals surface area contributed by atoms with E-state index >= 15 is 0 Å². The summed E-state index contributed by atoms with van der Waals surface area (Å²) in [7, 11) is 0. The van der Waals surface area contributed by atoms with Crippen molar-refractivity contribution in [3.8, 4) is 0 Å². The van der Waals surface area contributed by atoms with E-state index in [4.69, 9.17) is 21.4 Å². The molecule has 6 nitrogen and oxygen atoms in total. The normalized spacial score (nSPS) is 10.5. The monoisotopic (exact) mass is 294 g/mol. The lowest BCUT2D eigenvalue weighted by atomic mass is 10.2. The molecule has 0 fully saturated rings. The fourth-order valence-corrected chi connectivity index (χ4v) is 2.19. The second-order valence-electron chi connectivity index (χ2n) is 4.11. The average molecular weight is 294 g/mol. The topological polar surface area (TPSA) is 77.2 Å². The van der Waals surface area contributed by atoms with Crippen molar-refractivity contribution in [2.75, 3.05) is 6.61 Å². The third-order valence-electron chi connectivity index (χ3n) is 2.83. The molecule has 0 bridgehead atoms. The number of aromatic amines is 1. The van der Waals surface area contributed by atoms with Crippen LogP contribution in [-0.2, 0) is 11.3 Å². The number of nitrogens with one attached hydrogen (secondary N) is 1. The van der Waals surface area contributed by atoms with Crippen molar-refractivity contribution in [2.24, 2.45) is 0 Å². The quantitative estimate of drug-likeness (QED) is 0.689. The van der Waals surface area contributed by atoms with Crippen molar-refractivity contribution in [1.29, 1.82) is 0 Å². The Morgan fingerprint density at radius 3 is 2.90 bits per heavy atom. The van der Waals surface area contributed by atoms with Crippen LogP contribution in [0.3, 0.4) is 0 Å². The summed E-state index contributed by atoms with van der Waals surface area (Å²) in [6.45, 7) is 3.82. The Bertz CT molecular complexity index is 728. The van der Waals surface area contributed by atoms with Gasteiger partial charge in [-0.1, -0.05) is 12.2 Å². The van der Waals surface area contributed by atoms with Gasteiger partial charge in [0.1, 0.15) is 16.0 Å². The summed E-state index contributed by atoms with van der Waals surface area (Å²) < 4.78 is 11.6. The van der Waals surface area contributed by atoms with Crippen LogP contribution in [0, 0.1) is 11.6 Å². The Kier molecular flexibility index (Phi) is 4.19. The molecule has 0 saturated carbocycles. The number of hydrogen-bond acceptors (Lipinski definition) is 5. The Labute approximate surface area is 120 Å². The number of H-pyrrole nitrogens is 1. The molecule has 2 aromatic rings. The highest BCUT2D eigenvalue weighted by Crippen LogP contribution is 2.11. The van der Waals surface area contributed by atoms with Gasteiger partial charge in [-0.15, -0.1) is 0 Å². The number of nitrogens with zero attached hydrogens (tertiary/aromatic N) is 1. The molecule has 20 heavy (non-hydrogen) atoms. The van der Waals surface area contributed by atoms with Gasteiger partial charge in [-0.2, -0.15) is 0 Å². The first-order chi connectivity index (χ1) is 9.54. The molecule has 0 aliphatic carbocycles. The highest BCUT2D eigenvalue weighted by molar-refractivity contribution is 7.71. The minimum absolute atomic E-state index is 0.0849. The van der Waals surface area contributed by atoms with Gasteiger partial charge in [0.2, 0.25) is 0 Å². The Hall–Kier alpha value is -2.15. The minimum Gasteiger partial charge on any atom is -0.467 e. The molecule has 0 aromatic carbocycles. The molecule has 0 aliphatic rings. The smallest absolute Gasteiger partial charge is 0.342 e. The molecule has 0 amide bonds. The van der Waals surface area contributed by atoms with Gasteiger partial charge < -0.3 is 9.15 Å². The van der Waals surface area contributed by atoms with E-state index in [1.165, 1.54) is 10.8 Å². The van der Waals surface area contributed by atoms with Gasteiger partial charge in [-0.25, -0.2) is 9.59 Å². The van der Waals surface area contributed by atoms with E-state index in [2.05, 4.69) is 4.98 Å². The first kappa shape index (κ1) is 14.3. The van der Waals surface area contributed by atoms with Crippen molar-refractivity contribution in [3.05, 3.63) is 50.5 Å². The van der Waals surface area contributed by atoms with Crippen molar-refractivity contribution >= 4 is 18.2 Å². The second-order valence-corrected chi connectivity index (χ2v) is 4.51. The summed E-state index contributed by atoms with van der Waals surface area (Å²) >= 11 is 5.03.